The molecule has 1 aliphatic carbocycles. The molecular formula is C22H24ClN7O. The van der Waals surface area contributed by atoms with Gasteiger partial charge in [0.2, 0.25) is 5.95 Å². The SMILES string of the molecule is CCn1cc2c(Cl)c(-c3c[nH]c4nc(N5C[C@H]6CC[C@@H]5C6N)n(C)c(=O)c34)ccc2n1. The van der Waals surface area contributed by atoms with Gasteiger partial charge in [-0.05, 0) is 31.7 Å². The maximum absolute atomic E-state index is 13.5. The highest BCUT2D eigenvalue weighted by molar-refractivity contribution is 6.38. The topological polar surface area (TPSA) is 97.8 Å². The zero-order chi connectivity index (χ0) is 21.4. The Kier molecular flexibility index (Phi) is 4.01. The molecule has 0 amide bonds. The van der Waals surface area contributed by atoms with Gasteiger partial charge in [-0.3, -0.25) is 14.0 Å². The number of nitrogens with two attached hydrogens (primary N) is 1. The number of aromatic amines is 1. The molecule has 31 heavy (non-hydrogen) atoms. The Hall–Kier alpha value is -2.84. The zero-order valence-electron chi connectivity index (χ0n) is 17.5. The van der Waals surface area contributed by atoms with Gasteiger partial charge >= 0.3 is 0 Å². The fourth-order valence-corrected chi connectivity index (χ4v) is 5.69. The first-order valence-electron chi connectivity index (χ1n) is 10.7. The summed E-state index contributed by atoms with van der Waals surface area (Å²) in [5.41, 5.74) is 9.25. The number of hydrogen-bond acceptors (Lipinski definition) is 5. The van der Waals surface area contributed by atoms with Crippen molar-refractivity contribution in [1.29, 1.82) is 0 Å². The average Bonchev–Trinajstić information content (AvgIpc) is 3.53. The molecule has 1 aliphatic heterocycles. The summed E-state index contributed by atoms with van der Waals surface area (Å²) in [6, 6.07) is 4.27. The van der Waals surface area contributed by atoms with Gasteiger partial charge in [0.15, 0.2) is 0 Å². The Bertz CT molecular complexity index is 1400. The first-order valence-corrected chi connectivity index (χ1v) is 11.1. The highest BCUT2D eigenvalue weighted by Crippen LogP contribution is 2.40. The minimum atomic E-state index is -0.0898. The van der Waals surface area contributed by atoms with Crippen LogP contribution >= 0.6 is 11.6 Å². The Morgan fingerprint density at radius 3 is 2.84 bits per heavy atom. The quantitative estimate of drug-likeness (QED) is 0.513. The molecule has 0 spiro atoms. The average molecular weight is 438 g/mol. The molecule has 9 heteroatoms. The van der Waals surface area contributed by atoms with E-state index in [1.807, 2.05) is 36.1 Å². The van der Waals surface area contributed by atoms with Gasteiger partial charge in [0, 0.05) is 61.1 Å². The predicted octanol–water partition coefficient (Wildman–Crippen LogP) is 2.88. The number of nitrogens with zero attached hydrogens (tertiary/aromatic N) is 5. The number of piperidine rings is 1. The van der Waals surface area contributed by atoms with Crippen LogP contribution in [0.1, 0.15) is 19.8 Å². The van der Waals surface area contributed by atoms with E-state index in [2.05, 4.69) is 15.0 Å². The number of fused-ring (bicyclic) bond motifs is 4. The lowest BCUT2D eigenvalue weighted by Crippen LogP contribution is -2.40. The lowest BCUT2D eigenvalue weighted by Gasteiger charge is -2.29. The van der Waals surface area contributed by atoms with Crippen molar-refractivity contribution in [2.24, 2.45) is 18.7 Å². The van der Waals surface area contributed by atoms with Crippen LogP contribution in [0.4, 0.5) is 5.95 Å². The van der Waals surface area contributed by atoms with Gasteiger partial charge in [0.25, 0.3) is 5.56 Å². The van der Waals surface area contributed by atoms with Crippen LogP contribution in [0.3, 0.4) is 0 Å². The molecule has 0 radical (unpaired) electrons. The van der Waals surface area contributed by atoms with Crippen LogP contribution in [0.15, 0.2) is 29.3 Å². The summed E-state index contributed by atoms with van der Waals surface area (Å²) in [7, 11) is 1.79. The standard InChI is InChI=1S/C22H24ClN7O/c1-3-29-10-14-15(27-29)6-5-12(18(14)23)13-8-25-20-17(13)21(31)28(2)22(26-20)30-9-11-4-7-16(30)19(11)24/h5-6,8,10-11,16,19,25H,3-4,7,9,24H2,1-2H3/t11-,16-,19?/m1/s1. The van der Waals surface area contributed by atoms with Gasteiger partial charge in [-0.1, -0.05) is 17.7 Å². The second-order valence-electron chi connectivity index (χ2n) is 8.68. The molecule has 3 aromatic heterocycles. The molecule has 4 heterocycles. The van der Waals surface area contributed by atoms with E-state index in [0.717, 1.165) is 48.0 Å². The number of hydrogen-bond donors (Lipinski definition) is 2. The molecule has 4 aromatic rings. The molecule has 3 atom stereocenters. The van der Waals surface area contributed by atoms with Crippen molar-refractivity contribution >= 4 is 39.5 Å². The minimum Gasteiger partial charge on any atom is -0.345 e. The smallest absolute Gasteiger partial charge is 0.264 e. The van der Waals surface area contributed by atoms with Crippen LogP contribution in [0.5, 0.6) is 0 Å². The van der Waals surface area contributed by atoms with Crippen LogP contribution in [-0.2, 0) is 13.6 Å². The number of halogens is 1. The van der Waals surface area contributed by atoms with Gasteiger partial charge in [0.05, 0.1) is 15.9 Å². The van der Waals surface area contributed by atoms with Gasteiger partial charge in [-0.15, -0.1) is 0 Å². The molecule has 1 aromatic carbocycles. The number of aromatic nitrogens is 5. The Morgan fingerprint density at radius 1 is 1.29 bits per heavy atom. The lowest BCUT2D eigenvalue weighted by atomic mass is 10.0. The number of aryl methyl sites for hydroxylation is 1. The highest BCUT2D eigenvalue weighted by atomic mass is 35.5. The zero-order valence-corrected chi connectivity index (χ0v) is 18.2. The van der Waals surface area contributed by atoms with E-state index in [4.69, 9.17) is 22.3 Å². The number of rotatable bonds is 3. The van der Waals surface area contributed by atoms with Gasteiger partial charge in [-0.25, -0.2) is 0 Å². The van der Waals surface area contributed by atoms with Crippen molar-refractivity contribution in [3.05, 3.63) is 39.9 Å². The van der Waals surface area contributed by atoms with E-state index < -0.39 is 0 Å². The van der Waals surface area contributed by atoms with E-state index in [0.29, 0.717) is 27.9 Å². The second-order valence-corrected chi connectivity index (χ2v) is 9.06. The summed E-state index contributed by atoms with van der Waals surface area (Å²) in [6.07, 6.45) is 5.97. The summed E-state index contributed by atoms with van der Waals surface area (Å²) < 4.78 is 3.51. The molecular weight excluding hydrogens is 414 g/mol. The highest BCUT2D eigenvalue weighted by Gasteiger charge is 2.46. The maximum atomic E-state index is 13.5. The molecule has 2 aliphatic rings. The second kappa shape index (κ2) is 6.58. The molecule has 1 unspecified atom stereocenters. The van der Waals surface area contributed by atoms with Gasteiger partial charge in [-0.2, -0.15) is 10.1 Å². The summed E-state index contributed by atoms with van der Waals surface area (Å²) in [5.74, 6) is 1.16. The van der Waals surface area contributed by atoms with Crippen molar-refractivity contribution in [2.45, 2.75) is 38.4 Å². The van der Waals surface area contributed by atoms with Crippen LogP contribution < -0.4 is 16.2 Å². The molecule has 2 bridgehead atoms. The van der Waals surface area contributed by atoms with E-state index in [1.54, 1.807) is 11.6 Å². The van der Waals surface area contributed by atoms with E-state index in [-0.39, 0.29) is 17.6 Å². The Labute approximate surface area is 183 Å². The van der Waals surface area contributed by atoms with E-state index in [9.17, 15) is 4.79 Å². The van der Waals surface area contributed by atoms with E-state index >= 15 is 0 Å². The van der Waals surface area contributed by atoms with Crippen molar-refractivity contribution in [3.63, 3.8) is 0 Å². The Balaban J connectivity index is 1.51. The minimum absolute atomic E-state index is 0.0898. The fourth-order valence-electron chi connectivity index (χ4n) is 5.38. The largest absolute Gasteiger partial charge is 0.345 e. The summed E-state index contributed by atoms with van der Waals surface area (Å²) in [5, 5.41) is 6.53. The first kappa shape index (κ1) is 18.9. The first-order chi connectivity index (χ1) is 15.0. The monoisotopic (exact) mass is 437 g/mol. The third-order valence-corrected chi connectivity index (χ3v) is 7.49. The molecule has 1 saturated carbocycles. The van der Waals surface area contributed by atoms with Crippen LogP contribution in [0.2, 0.25) is 5.02 Å². The molecule has 1 saturated heterocycles. The van der Waals surface area contributed by atoms with Crippen molar-refractivity contribution < 1.29 is 0 Å². The van der Waals surface area contributed by atoms with Crippen LogP contribution in [0, 0.1) is 5.92 Å². The molecule has 6 rings (SSSR count). The molecule has 160 valence electrons. The summed E-state index contributed by atoms with van der Waals surface area (Å²) >= 11 is 6.77. The lowest BCUT2D eigenvalue weighted by molar-refractivity contribution is 0.530. The third kappa shape index (κ3) is 2.55. The summed E-state index contributed by atoms with van der Waals surface area (Å²) in [6.45, 7) is 3.66. The number of anilines is 1. The fraction of sp³-hybridized carbons (Fsp3) is 0.409. The van der Waals surface area contributed by atoms with Gasteiger partial charge < -0.3 is 15.6 Å². The summed E-state index contributed by atoms with van der Waals surface area (Å²) in [4.78, 5) is 23.7. The normalized spacial score (nSPS) is 23.0. The van der Waals surface area contributed by atoms with Crippen molar-refractivity contribution in [3.8, 4) is 11.1 Å². The predicted molar refractivity (Wildman–Crippen MR) is 123 cm³/mol. The van der Waals surface area contributed by atoms with Crippen molar-refractivity contribution in [1.82, 2.24) is 24.3 Å². The molecule has 3 N–H and O–H groups in total. The Morgan fingerprint density at radius 2 is 2.13 bits per heavy atom. The maximum Gasteiger partial charge on any atom is 0.264 e. The molecule has 2 fully saturated rings. The van der Waals surface area contributed by atoms with Gasteiger partial charge in [0.1, 0.15) is 5.65 Å². The van der Waals surface area contributed by atoms with Crippen LogP contribution in [0.25, 0.3) is 33.1 Å². The molecule has 8 nitrogen and oxygen atoms in total. The van der Waals surface area contributed by atoms with Crippen molar-refractivity contribution in [2.75, 3.05) is 11.4 Å². The third-order valence-electron chi connectivity index (χ3n) is 7.09. The van der Waals surface area contributed by atoms with E-state index in [1.165, 1.54) is 0 Å². The number of H-pyrrole nitrogens is 1. The number of nitrogens with one attached hydrogen (secondary N) is 1. The van der Waals surface area contributed by atoms with Crippen LogP contribution in [-0.4, -0.2) is 42.9 Å². The number of benzene rings is 1.